The molecule has 1 aromatic heterocycles. The van der Waals surface area contributed by atoms with Crippen molar-refractivity contribution in [3.8, 4) is 17.0 Å². The summed E-state index contributed by atoms with van der Waals surface area (Å²) >= 11 is 0. The smallest absolute Gasteiger partial charge is 0.187 e. The van der Waals surface area contributed by atoms with Crippen molar-refractivity contribution in [1.82, 2.24) is 9.97 Å². The van der Waals surface area contributed by atoms with Crippen molar-refractivity contribution in [3.63, 3.8) is 0 Å². The van der Waals surface area contributed by atoms with Crippen molar-refractivity contribution in [1.29, 1.82) is 0 Å². The largest absolute Gasteiger partial charge is 0.491 e. The highest BCUT2D eigenvalue weighted by atomic mass is 16.5. The van der Waals surface area contributed by atoms with E-state index in [4.69, 9.17) is 4.74 Å². The maximum Gasteiger partial charge on any atom is 0.187 e. The van der Waals surface area contributed by atoms with E-state index < -0.39 is 0 Å². The van der Waals surface area contributed by atoms with Gasteiger partial charge in [-0.3, -0.25) is 0 Å². The summed E-state index contributed by atoms with van der Waals surface area (Å²) in [5.41, 5.74) is 3.13. The highest BCUT2D eigenvalue weighted by Gasteiger charge is 2.18. The molecule has 1 heterocycles. The zero-order valence-electron chi connectivity index (χ0n) is 13.3. The lowest BCUT2D eigenvalue weighted by Gasteiger charge is -2.24. The Labute approximate surface area is 132 Å². The molecule has 0 saturated heterocycles. The van der Waals surface area contributed by atoms with E-state index in [0.29, 0.717) is 6.04 Å². The van der Waals surface area contributed by atoms with Crippen molar-refractivity contribution in [2.75, 3.05) is 12.4 Å². The third kappa shape index (κ3) is 3.21. The molecule has 0 atom stereocenters. The minimum atomic E-state index is 0.489. The molecular weight excluding hydrogens is 274 g/mol. The predicted molar refractivity (Wildman–Crippen MR) is 89.3 cm³/mol. The van der Waals surface area contributed by atoms with Crippen molar-refractivity contribution < 1.29 is 4.74 Å². The highest BCUT2D eigenvalue weighted by molar-refractivity contribution is 5.72. The van der Waals surface area contributed by atoms with Gasteiger partial charge in [0, 0.05) is 11.6 Å². The van der Waals surface area contributed by atoms with E-state index in [1.807, 2.05) is 0 Å². The van der Waals surface area contributed by atoms with Crippen LogP contribution in [0.5, 0.6) is 5.75 Å². The van der Waals surface area contributed by atoms with Crippen LogP contribution in [0.1, 0.15) is 37.7 Å². The lowest BCUT2D eigenvalue weighted by atomic mass is 9.95. The van der Waals surface area contributed by atoms with Gasteiger partial charge in [0.15, 0.2) is 11.6 Å². The van der Waals surface area contributed by atoms with Crippen LogP contribution in [-0.2, 0) is 0 Å². The second-order valence-electron chi connectivity index (χ2n) is 5.95. The van der Waals surface area contributed by atoms with E-state index in [9.17, 15) is 0 Å². The Kier molecular flexibility index (Phi) is 4.56. The predicted octanol–water partition coefficient (Wildman–Crippen LogP) is 4.21. The Bertz CT molecular complexity index is 619. The summed E-state index contributed by atoms with van der Waals surface area (Å²) in [6.45, 7) is 2.08. The standard InChI is InChI=1S/C18H23N3O/c1-13-8-10-14(11-9-13)16-17(22-2)18(20-12-19-16)21-15-6-4-3-5-7-15/h8-12,15H,3-7H2,1-2H3,(H,19,20,21). The number of hydrogen-bond donors (Lipinski definition) is 1. The van der Waals surface area contributed by atoms with Gasteiger partial charge >= 0.3 is 0 Å². The van der Waals surface area contributed by atoms with Crippen LogP contribution in [-0.4, -0.2) is 23.1 Å². The zero-order valence-corrected chi connectivity index (χ0v) is 13.3. The topological polar surface area (TPSA) is 47.0 Å². The van der Waals surface area contributed by atoms with Crippen LogP contribution in [0.4, 0.5) is 5.82 Å². The summed E-state index contributed by atoms with van der Waals surface area (Å²) < 4.78 is 5.62. The van der Waals surface area contributed by atoms with Gasteiger partial charge in [-0.05, 0) is 19.8 Å². The molecule has 3 rings (SSSR count). The fourth-order valence-corrected chi connectivity index (χ4v) is 3.03. The molecule has 4 nitrogen and oxygen atoms in total. The van der Waals surface area contributed by atoms with Crippen LogP contribution in [0.25, 0.3) is 11.3 Å². The number of rotatable bonds is 4. The maximum atomic E-state index is 5.62. The van der Waals surface area contributed by atoms with Crippen molar-refractivity contribution in [2.45, 2.75) is 45.1 Å². The van der Waals surface area contributed by atoms with E-state index in [2.05, 4.69) is 46.5 Å². The van der Waals surface area contributed by atoms with Crippen LogP contribution in [0.3, 0.4) is 0 Å². The van der Waals surface area contributed by atoms with E-state index in [1.54, 1.807) is 13.4 Å². The molecule has 1 saturated carbocycles. The third-order valence-electron chi connectivity index (χ3n) is 4.28. The van der Waals surface area contributed by atoms with Crippen molar-refractivity contribution >= 4 is 5.82 Å². The second kappa shape index (κ2) is 6.77. The zero-order chi connectivity index (χ0) is 15.4. The van der Waals surface area contributed by atoms with E-state index >= 15 is 0 Å². The van der Waals surface area contributed by atoms with Crippen molar-refractivity contribution in [2.24, 2.45) is 0 Å². The number of aryl methyl sites for hydroxylation is 1. The maximum absolute atomic E-state index is 5.62. The molecular formula is C18H23N3O. The van der Waals surface area contributed by atoms with E-state index in [0.717, 1.165) is 22.8 Å². The molecule has 1 N–H and O–H groups in total. The Morgan fingerprint density at radius 2 is 1.77 bits per heavy atom. The number of aromatic nitrogens is 2. The van der Waals surface area contributed by atoms with Crippen molar-refractivity contribution in [3.05, 3.63) is 36.2 Å². The molecule has 22 heavy (non-hydrogen) atoms. The third-order valence-corrected chi connectivity index (χ3v) is 4.28. The summed E-state index contributed by atoms with van der Waals surface area (Å²) in [7, 11) is 1.68. The number of anilines is 1. The molecule has 1 aliphatic carbocycles. The fourth-order valence-electron chi connectivity index (χ4n) is 3.03. The Hall–Kier alpha value is -2.10. The van der Waals surface area contributed by atoms with Gasteiger partial charge in [0.25, 0.3) is 0 Å². The molecule has 0 radical (unpaired) electrons. The molecule has 1 aromatic carbocycles. The number of ether oxygens (including phenoxy) is 1. The van der Waals surface area contributed by atoms with E-state index in [1.165, 1.54) is 37.7 Å². The first-order valence-corrected chi connectivity index (χ1v) is 8.00. The van der Waals surface area contributed by atoms with Crippen LogP contribution >= 0.6 is 0 Å². The monoisotopic (exact) mass is 297 g/mol. The van der Waals surface area contributed by atoms with Crippen LogP contribution < -0.4 is 10.1 Å². The average molecular weight is 297 g/mol. The van der Waals surface area contributed by atoms with Crippen LogP contribution in [0.15, 0.2) is 30.6 Å². The van der Waals surface area contributed by atoms with Crippen LogP contribution in [0, 0.1) is 6.92 Å². The molecule has 0 amide bonds. The first-order chi connectivity index (χ1) is 10.8. The first kappa shape index (κ1) is 14.8. The lowest BCUT2D eigenvalue weighted by Crippen LogP contribution is -2.23. The van der Waals surface area contributed by atoms with Crippen LogP contribution in [0.2, 0.25) is 0 Å². The van der Waals surface area contributed by atoms with Gasteiger partial charge < -0.3 is 10.1 Å². The summed E-state index contributed by atoms with van der Waals surface area (Å²) in [6.07, 6.45) is 7.93. The Morgan fingerprint density at radius 3 is 2.45 bits per heavy atom. The summed E-state index contributed by atoms with van der Waals surface area (Å²) in [5.74, 6) is 1.54. The number of nitrogens with zero attached hydrogens (tertiary/aromatic N) is 2. The summed E-state index contributed by atoms with van der Waals surface area (Å²) in [4.78, 5) is 8.83. The first-order valence-electron chi connectivity index (χ1n) is 8.00. The minimum absolute atomic E-state index is 0.489. The molecule has 116 valence electrons. The van der Waals surface area contributed by atoms with Gasteiger partial charge in [-0.15, -0.1) is 0 Å². The highest BCUT2D eigenvalue weighted by Crippen LogP contribution is 2.34. The molecule has 2 aromatic rings. The molecule has 0 aliphatic heterocycles. The quantitative estimate of drug-likeness (QED) is 0.918. The second-order valence-corrected chi connectivity index (χ2v) is 5.95. The normalized spacial score (nSPS) is 15.5. The Morgan fingerprint density at radius 1 is 1.05 bits per heavy atom. The van der Waals surface area contributed by atoms with Gasteiger partial charge in [0.2, 0.25) is 0 Å². The minimum Gasteiger partial charge on any atom is -0.491 e. The number of benzene rings is 1. The number of hydrogen-bond acceptors (Lipinski definition) is 4. The number of methoxy groups -OCH3 is 1. The fraction of sp³-hybridized carbons (Fsp3) is 0.444. The molecule has 0 bridgehead atoms. The molecule has 4 heteroatoms. The lowest BCUT2D eigenvalue weighted by molar-refractivity contribution is 0.410. The van der Waals surface area contributed by atoms with Gasteiger partial charge in [-0.25, -0.2) is 9.97 Å². The SMILES string of the molecule is COc1c(NC2CCCCC2)ncnc1-c1ccc(C)cc1. The van der Waals surface area contributed by atoms with E-state index in [-0.39, 0.29) is 0 Å². The summed E-state index contributed by atoms with van der Waals surface area (Å²) in [5, 5.41) is 3.55. The summed E-state index contributed by atoms with van der Waals surface area (Å²) in [6, 6.07) is 8.81. The number of nitrogens with one attached hydrogen (secondary N) is 1. The van der Waals surface area contributed by atoms with Gasteiger partial charge in [0.05, 0.1) is 7.11 Å². The molecule has 1 aliphatic rings. The average Bonchev–Trinajstić information content (AvgIpc) is 2.56. The molecule has 0 unspecified atom stereocenters. The van der Waals surface area contributed by atoms with Gasteiger partial charge in [-0.1, -0.05) is 49.1 Å². The molecule has 1 fully saturated rings. The molecule has 0 spiro atoms. The Balaban J connectivity index is 1.90. The van der Waals surface area contributed by atoms with Gasteiger partial charge in [0.1, 0.15) is 12.0 Å². The van der Waals surface area contributed by atoms with Gasteiger partial charge in [-0.2, -0.15) is 0 Å².